The van der Waals surface area contributed by atoms with Gasteiger partial charge in [-0.05, 0) is 24.3 Å². The van der Waals surface area contributed by atoms with Gasteiger partial charge in [-0.25, -0.2) is 4.98 Å². The molecule has 0 aliphatic carbocycles. The lowest BCUT2D eigenvalue weighted by Gasteiger charge is -2.10. The van der Waals surface area contributed by atoms with Crippen LogP contribution in [0.2, 0.25) is 0 Å². The first-order valence-electron chi connectivity index (χ1n) is 7.95. The molecule has 1 aromatic heterocycles. The molecule has 0 aliphatic heterocycles. The quantitative estimate of drug-likeness (QED) is 0.520. The number of amides is 1. The lowest BCUT2D eigenvalue weighted by atomic mass is 10.2. The molecule has 6 nitrogen and oxygen atoms in total. The van der Waals surface area contributed by atoms with Gasteiger partial charge in [0.2, 0.25) is 5.91 Å². The summed E-state index contributed by atoms with van der Waals surface area (Å²) in [7, 11) is 3.11. The van der Waals surface area contributed by atoms with Gasteiger partial charge in [-0.1, -0.05) is 39.8 Å². The molecule has 0 spiro atoms. The molecule has 8 heteroatoms. The highest BCUT2D eigenvalue weighted by Crippen LogP contribution is 2.30. The number of rotatable bonds is 7. The largest absolute Gasteiger partial charge is 0.493 e. The zero-order valence-corrected chi connectivity index (χ0v) is 17.1. The monoisotopic (exact) mass is 448 g/mol. The number of hydrogen-bond acceptors (Lipinski definition) is 6. The first-order chi connectivity index (χ1) is 13.1. The standard InChI is InChI=1S/C19H17BrN2O4S/c1-24-15-7-6-14(9-16(15)25-2)22-18(23)11-27-19-21-10-17(26-19)12-4-3-5-13(20)8-12/h3-10H,11H2,1-2H3,(H,22,23). The Bertz CT molecular complexity index is 945. The number of benzene rings is 2. The molecule has 0 atom stereocenters. The van der Waals surface area contributed by atoms with Gasteiger partial charge in [0.15, 0.2) is 17.3 Å². The third kappa shape index (κ3) is 5.05. The van der Waals surface area contributed by atoms with Gasteiger partial charge in [0.1, 0.15) is 0 Å². The molecule has 3 aromatic rings. The summed E-state index contributed by atoms with van der Waals surface area (Å²) in [5.74, 6) is 1.81. The van der Waals surface area contributed by atoms with Crippen molar-refractivity contribution in [3.63, 3.8) is 0 Å². The van der Waals surface area contributed by atoms with Gasteiger partial charge in [0.25, 0.3) is 5.22 Å². The summed E-state index contributed by atoms with van der Waals surface area (Å²) in [6, 6.07) is 12.9. The lowest BCUT2D eigenvalue weighted by Crippen LogP contribution is -2.14. The van der Waals surface area contributed by atoms with Crippen LogP contribution in [0.1, 0.15) is 0 Å². The van der Waals surface area contributed by atoms with Gasteiger partial charge in [-0.3, -0.25) is 4.79 Å². The summed E-state index contributed by atoms with van der Waals surface area (Å²) >= 11 is 4.66. The van der Waals surface area contributed by atoms with E-state index in [1.807, 2.05) is 24.3 Å². The molecule has 0 saturated carbocycles. The Morgan fingerprint density at radius 2 is 2.00 bits per heavy atom. The number of aromatic nitrogens is 1. The van der Waals surface area contributed by atoms with Crippen molar-refractivity contribution in [3.8, 4) is 22.8 Å². The number of hydrogen-bond donors (Lipinski definition) is 1. The summed E-state index contributed by atoms with van der Waals surface area (Å²) in [5.41, 5.74) is 1.54. The van der Waals surface area contributed by atoms with Gasteiger partial charge < -0.3 is 19.2 Å². The number of anilines is 1. The van der Waals surface area contributed by atoms with E-state index in [-0.39, 0.29) is 11.7 Å². The zero-order chi connectivity index (χ0) is 19.2. The number of nitrogens with one attached hydrogen (secondary N) is 1. The van der Waals surface area contributed by atoms with E-state index in [1.165, 1.54) is 11.8 Å². The van der Waals surface area contributed by atoms with Crippen molar-refractivity contribution in [1.82, 2.24) is 4.98 Å². The molecule has 0 bridgehead atoms. The second kappa shape index (κ2) is 8.96. The number of methoxy groups -OCH3 is 2. The number of thioether (sulfide) groups is 1. The number of nitrogens with zero attached hydrogens (tertiary/aromatic N) is 1. The maximum absolute atomic E-state index is 12.2. The first kappa shape index (κ1) is 19.3. The minimum atomic E-state index is -0.172. The molecule has 0 radical (unpaired) electrons. The van der Waals surface area contributed by atoms with E-state index in [1.54, 1.807) is 38.6 Å². The van der Waals surface area contributed by atoms with Crippen molar-refractivity contribution in [1.29, 1.82) is 0 Å². The highest BCUT2D eigenvalue weighted by atomic mass is 79.9. The molecule has 1 N–H and O–H groups in total. The molecule has 140 valence electrons. The lowest BCUT2D eigenvalue weighted by molar-refractivity contribution is -0.113. The normalized spacial score (nSPS) is 10.5. The topological polar surface area (TPSA) is 73.6 Å². The Labute approximate surface area is 169 Å². The van der Waals surface area contributed by atoms with E-state index in [0.717, 1.165) is 10.0 Å². The maximum Gasteiger partial charge on any atom is 0.256 e. The van der Waals surface area contributed by atoms with Gasteiger partial charge in [-0.15, -0.1) is 0 Å². The van der Waals surface area contributed by atoms with Crippen LogP contribution in [0.25, 0.3) is 11.3 Å². The average Bonchev–Trinajstić information content (AvgIpc) is 3.15. The van der Waals surface area contributed by atoms with Crippen molar-refractivity contribution in [2.75, 3.05) is 25.3 Å². The van der Waals surface area contributed by atoms with Crippen molar-refractivity contribution in [3.05, 3.63) is 53.1 Å². The Kier molecular flexibility index (Phi) is 6.41. The van der Waals surface area contributed by atoms with Gasteiger partial charge in [0, 0.05) is 21.8 Å². The van der Waals surface area contributed by atoms with Gasteiger partial charge in [-0.2, -0.15) is 0 Å². The van der Waals surface area contributed by atoms with E-state index in [2.05, 4.69) is 26.2 Å². The van der Waals surface area contributed by atoms with Crippen molar-refractivity contribution in [2.24, 2.45) is 0 Å². The summed E-state index contributed by atoms with van der Waals surface area (Å²) in [6.07, 6.45) is 1.65. The molecule has 3 rings (SSSR count). The Morgan fingerprint density at radius 1 is 1.19 bits per heavy atom. The molecular formula is C19H17BrN2O4S. The molecular weight excluding hydrogens is 432 g/mol. The van der Waals surface area contributed by atoms with Crippen LogP contribution in [0, 0.1) is 0 Å². The van der Waals surface area contributed by atoms with Crippen LogP contribution in [0.3, 0.4) is 0 Å². The third-order valence-corrected chi connectivity index (χ3v) is 4.92. The van der Waals surface area contributed by atoms with Crippen LogP contribution in [0.5, 0.6) is 11.5 Å². The minimum absolute atomic E-state index is 0.172. The van der Waals surface area contributed by atoms with E-state index in [4.69, 9.17) is 13.9 Å². The number of carbonyl (C=O) groups is 1. The second-order valence-electron chi connectivity index (χ2n) is 5.41. The van der Waals surface area contributed by atoms with Crippen LogP contribution in [0.15, 0.2) is 62.8 Å². The van der Waals surface area contributed by atoms with Gasteiger partial charge in [0.05, 0.1) is 26.2 Å². The van der Waals surface area contributed by atoms with Gasteiger partial charge >= 0.3 is 0 Å². The van der Waals surface area contributed by atoms with E-state index < -0.39 is 0 Å². The van der Waals surface area contributed by atoms with E-state index >= 15 is 0 Å². The fourth-order valence-corrected chi connectivity index (χ4v) is 3.34. The maximum atomic E-state index is 12.2. The molecule has 0 aliphatic rings. The van der Waals surface area contributed by atoms with Crippen molar-refractivity contribution < 1.29 is 18.7 Å². The smallest absolute Gasteiger partial charge is 0.256 e. The summed E-state index contributed by atoms with van der Waals surface area (Å²) < 4.78 is 17.1. The van der Waals surface area contributed by atoms with Crippen LogP contribution in [0.4, 0.5) is 5.69 Å². The third-order valence-electron chi connectivity index (χ3n) is 3.59. The van der Waals surface area contributed by atoms with Crippen LogP contribution >= 0.6 is 27.7 Å². The number of carbonyl (C=O) groups excluding carboxylic acids is 1. The molecule has 0 unspecified atom stereocenters. The van der Waals surface area contributed by atoms with E-state index in [0.29, 0.717) is 28.2 Å². The summed E-state index contributed by atoms with van der Waals surface area (Å²) in [5, 5.41) is 3.25. The predicted octanol–water partition coefficient (Wildman–Crippen LogP) is 4.85. The first-order valence-corrected chi connectivity index (χ1v) is 9.73. The molecule has 2 aromatic carbocycles. The summed E-state index contributed by atoms with van der Waals surface area (Å²) in [4.78, 5) is 16.4. The van der Waals surface area contributed by atoms with Crippen molar-refractivity contribution in [2.45, 2.75) is 5.22 Å². The molecule has 27 heavy (non-hydrogen) atoms. The van der Waals surface area contributed by atoms with Crippen molar-refractivity contribution >= 4 is 39.3 Å². The number of oxazole rings is 1. The van der Waals surface area contributed by atoms with E-state index in [9.17, 15) is 4.79 Å². The predicted molar refractivity (Wildman–Crippen MR) is 109 cm³/mol. The molecule has 1 amide bonds. The zero-order valence-electron chi connectivity index (χ0n) is 14.7. The molecule has 0 saturated heterocycles. The number of ether oxygens (including phenoxy) is 2. The Balaban J connectivity index is 1.58. The highest BCUT2D eigenvalue weighted by molar-refractivity contribution is 9.10. The Morgan fingerprint density at radius 3 is 2.74 bits per heavy atom. The SMILES string of the molecule is COc1ccc(NC(=O)CSc2ncc(-c3cccc(Br)c3)o2)cc1OC. The summed E-state index contributed by atoms with van der Waals surface area (Å²) in [6.45, 7) is 0. The fraction of sp³-hybridized carbons (Fsp3) is 0.158. The molecule has 1 heterocycles. The fourth-order valence-electron chi connectivity index (χ4n) is 2.34. The Hall–Kier alpha value is -2.45. The highest BCUT2D eigenvalue weighted by Gasteiger charge is 2.11. The average molecular weight is 449 g/mol. The van der Waals surface area contributed by atoms with Crippen LogP contribution in [-0.2, 0) is 4.79 Å². The minimum Gasteiger partial charge on any atom is -0.493 e. The number of halogens is 1. The molecule has 0 fully saturated rings. The second-order valence-corrected chi connectivity index (χ2v) is 7.25. The van der Waals surface area contributed by atoms with Crippen LogP contribution < -0.4 is 14.8 Å². The van der Waals surface area contributed by atoms with Crippen LogP contribution in [-0.4, -0.2) is 30.9 Å².